The third-order valence-electron chi connectivity index (χ3n) is 7.38. The average molecular weight is 557 g/mol. The molecular weight excluding hydrogens is 528 g/mol. The molecule has 208 valence electrons. The Bertz CT molecular complexity index is 1860. The van der Waals surface area contributed by atoms with Crippen LogP contribution in [0.25, 0.3) is 5.69 Å². The number of aryl methyl sites for hydroxylation is 1. The van der Waals surface area contributed by atoms with Crippen LogP contribution in [0.15, 0.2) is 107 Å². The highest BCUT2D eigenvalue weighted by Crippen LogP contribution is 2.49. The van der Waals surface area contributed by atoms with Crippen molar-refractivity contribution in [3.63, 3.8) is 0 Å². The SMILES string of the molecule is CCOc1ccc(NC2=Nc3ccccc3N3C2=Nc2c(c(C)nn2-c2ccccc2)C3c2ccc(O)c(O)c2)cc1. The van der Waals surface area contributed by atoms with E-state index in [0.717, 1.165) is 45.3 Å². The minimum absolute atomic E-state index is 0.182. The molecular formula is C33H28N6O3. The van der Waals surface area contributed by atoms with Gasteiger partial charge in [-0.05, 0) is 80.1 Å². The maximum absolute atomic E-state index is 10.6. The zero-order valence-electron chi connectivity index (χ0n) is 23.1. The Labute approximate surface area is 242 Å². The lowest BCUT2D eigenvalue weighted by Crippen LogP contribution is -2.46. The van der Waals surface area contributed by atoms with Crippen LogP contribution in [0.2, 0.25) is 0 Å². The number of phenolic OH excluding ortho intramolecular Hbond substituents is 2. The number of hydrogen-bond acceptors (Lipinski definition) is 8. The highest BCUT2D eigenvalue weighted by Gasteiger charge is 2.41. The average Bonchev–Trinajstić information content (AvgIpc) is 3.35. The van der Waals surface area contributed by atoms with Crippen LogP contribution in [0.1, 0.15) is 29.8 Å². The first-order valence-corrected chi connectivity index (χ1v) is 13.7. The third-order valence-corrected chi connectivity index (χ3v) is 7.38. The molecule has 2 aliphatic heterocycles. The number of benzene rings is 4. The van der Waals surface area contributed by atoms with Crippen molar-refractivity contribution in [1.29, 1.82) is 0 Å². The van der Waals surface area contributed by atoms with Gasteiger partial charge >= 0.3 is 0 Å². The van der Waals surface area contributed by atoms with E-state index >= 15 is 0 Å². The van der Waals surface area contributed by atoms with E-state index in [0.29, 0.717) is 24.1 Å². The van der Waals surface area contributed by atoms with Crippen LogP contribution >= 0.6 is 0 Å². The largest absolute Gasteiger partial charge is 0.504 e. The lowest BCUT2D eigenvalue weighted by atomic mass is 9.93. The zero-order valence-corrected chi connectivity index (χ0v) is 23.1. The summed E-state index contributed by atoms with van der Waals surface area (Å²) in [5, 5.41) is 29.1. The van der Waals surface area contributed by atoms with Crippen LogP contribution < -0.4 is 15.0 Å². The van der Waals surface area contributed by atoms with Crippen LogP contribution in [-0.2, 0) is 0 Å². The number of ether oxygens (including phenoxy) is 1. The highest BCUT2D eigenvalue weighted by molar-refractivity contribution is 6.51. The van der Waals surface area contributed by atoms with Gasteiger partial charge in [-0.2, -0.15) is 5.10 Å². The Kier molecular flexibility index (Phi) is 6.12. The van der Waals surface area contributed by atoms with E-state index in [-0.39, 0.29) is 11.5 Å². The van der Waals surface area contributed by atoms with Crippen molar-refractivity contribution in [3.8, 4) is 22.9 Å². The summed E-state index contributed by atoms with van der Waals surface area (Å²) in [4.78, 5) is 12.3. The molecule has 0 aliphatic carbocycles. The number of aromatic nitrogens is 2. The molecule has 42 heavy (non-hydrogen) atoms. The van der Waals surface area contributed by atoms with Gasteiger partial charge in [0.2, 0.25) is 0 Å². The molecule has 0 saturated heterocycles. The number of amidine groups is 2. The van der Waals surface area contributed by atoms with Crippen molar-refractivity contribution in [2.24, 2.45) is 9.98 Å². The summed E-state index contributed by atoms with van der Waals surface area (Å²) < 4.78 is 7.47. The molecule has 0 amide bonds. The van der Waals surface area contributed by atoms with E-state index in [1.807, 2.05) is 103 Å². The number of nitrogens with one attached hydrogen (secondary N) is 1. The number of aromatic hydroxyl groups is 2. The van der Waals surface area contributed by atoms with Crippen molar-refractivity contribution in [2.45, 2.75) is 19.9 Å². The van der Waals surface area contributed by atoms with E-state index in [1.165, 1.54) is 6.07 Å². The molecule has 3 N–H and O–H groups in total. The van der Waals surface area contributed by atoms with Gasteiger partial charge in [-0.3, -0.25) is 0 Å². The van der Waals surface area contributed by atoms with E-state index in [9.17, 15) is 10.2 Å². The number of anilines is 2. The third kappa shape index (κ3) is 4.23. The number of rotatable bonds is 5. The zero-order chi connectivity index (χ0) is 28.8. The molecule has 1 atom stereocenters. The first kappa shape index (κ1) is 25.4. The predicted molar refractivity (Wildman–Crippen MR) is 164 cm³/mol. The lowest BCUT2D eigenvalue weighted by Gasteiger charge is -2.40. The molecule has 0 spiro atoms. The topological polar surface area (TPSA) is 108 Å². The molecule has 2 aliphatic rings. The quantitative estimate of drug-likeness (QED) is 0.206. The molecule has 7 rings (SSSR count). The number of hydrogen-bond donors (Lipinski definition) is 3. The van der Waals surface area contributed by atoms with E-state index in [2.05, 4.69) is 10.2 Å². The maximum Gasteiger partial charge on any atom is 0.179 e. The number of aliphatic imine (C=N–C) groups is 2. The van der Waals surface area contributed by atoms with Crippen molar-refractivity contribution < 1.29 is 14.9 Å². The molecule has 5 aromatic rings. The molecule has 0 bridgehead atoms. The molecule has 3 heterocycles. The Morgan fingerprint density at radius 2 is 1.62 bits per heavy atom. The van der Waals surface area contributed by atoms with Crippen LogP contribution in [0.5, 0.6) is 17.2 Å². The fourth-order valence-electron chi connectivity index (χ4n) is 5.51. The first-order valence-electron chi connectivity index (χ1n) is 13.7. The van der Waals surface area contributed by atoms with Crippen molar-refractivity contribution in [3.05, 3.63) is 114 Å². The smallest absolute Gasteiger partial charge is 0.179 e. The molecule has 9 heteroatoms. The van der Waals surface area contributed by atoms with Crippen LogP contribution in [0.4, 0.5) is 22.9 Å². The summed E-state index contributed by atoms with van der Waals surface area (Å²) in [6, 6.07) is 30.0. The summed E-state index contributed by atoms with van der Waals surface area (Å²) in [5.41, 5.74) is 5.81. The molecule has 9 nitrogen and oxygen atoms in total. The Morgan fingerprint density at radius 1 is 0.857 bits per heavy atom. The summed E-state index contributed by atoms with van der Waals surface area (Å²) in [6.07, 6.45) is 0. The first-order chi connectivity index (χ1) is 20.5. The molecule has 1 unspecified atom stereocenters. The second-order valence-electron chi connectivity index (χ2n) is 10.1. The van der Waals surface area contributed by atoms with E-state index in [4.69, 9.17) is 19.8 Å². The van der Waals surface area contributed by atoms with Crippen molar-refractivity contribution in [1.82, 2.24) is 9.78 Å². The van der Waals surface area contributed by atoms with Crippen molar-refractivity contribution >= 4 is 34.6 Å². The molecule has 1 aromatic heterocycles. The number of para-hydroxylation sites is 3. The van der Waals surface area contributed by atoms with Gasteiger partial charge in [-0.15, -0.1) is 0 Å². The van der Waals surface area contributed by atoms with Crippen LogP contribution in [0, 0.1) is 6.92 Å². The van der Waals surface area contributed by atoms with Crippen LogP contribution in [-0.4, -0.2) is 38.3 Å². The molecule has 0 fully saturated rings. The van der Waals surface area contributed by atoms with Gasteiger partial charge in [0.05, 0.1) is 35.4 Å². The standard InChI is InChI=1S/C33H28N6O3/c1-3-42-24-16-14-22(15-17-24)34-31-33-36-32-29(20(2)37-39(32)23-9-5-4-6-10-23)30(21-13-18-27(40)28(41)19-21)38(33)26-12-8-7-11-25(26)35-31/h4-19,30,40-41H,3H2,1-2H3,(H,34,35). The summed E-state index contributed by atoms with van der Waals surface area (Å²) in [7, 11) is 0. The minimum Gasteiger partial charge on any atom is -0.504 e. The van der Waals surface area contributed by atoms with Crippen molar-refractivity contribution in [2.75, 3.05) is 16.8 Å². The summed E-state index contributed by atoms with van der Waals surface area (Å²) in [5.74, 6) is 2.24. The number of nitrogens with zero attached hydrogens (tertiary/aromatic N) is 5. The fourth-order valence-corrected chi connectivity index (χ4v) is 5.51. The summed E-state index contributed by atoms with van der Waals surface area (Å²) >= 11 is 0. The van der Waals surface area contributed by atoms with Gasteiger partial charge in [0.1, 0.15) is 5.75 Å². The van der Waals surface area contributed by atoms with Gasteiger partial charge in [0.15, 0.2) is 29.0 Å². The summed E-state index contributed by atoms with van der Waals surface area (Å²) in [6.45, 7) is 4.51. The predicted octanol–water partition coefficient (Wildman–Crippen LogP) is 6.79. The van der Waals surface area contributed by atoms with Crippen LogP contribution in [0.3, 0.4) is 0 Å². The second kappa shape index (κ2) is 10.1. The van der Waals surface area contributed by atoms with E-state index in [1.54, 1.807) is 6.07 Å². The van der Waals surface area contributed by atoms with Gasteiger partial charge < -0.3 is 25.2 Å². The minimum atomic E-state index is -0.426. The second-order valence-corrected chi connectivity index (χ2v) is 10.1. The lowest BCUT2D eigenvalue weighted by molar-refractivity contribution is 0.340. The van der Waals surface area contributed by atoms with Gasteiger partial charge in [0.25, 0.3) is 0 Å². The Hall–Kier alpha value is -5.57. The number of phenols is 2. The van der Waals surface area contributed by atoms with Gasteiger partial charge in [0, 0.05) is 11.3 Å². The highest BCUT2D eigenvalue weighted by atomic mass is 16.5. The Balaban J connectivity index is 1.46. The molecule has 0 saturated carbocycles. The Morgan fingerprint density at radius 3 is 2.38 bits per heavy atom. The molecule has 0 radical (unpaired) electrons. The number of fused-ring (bicyclic) bond motifs is 4. The van der Waals surface area contributed by atoms with Gasteiger partial charge in [-0.1, -0.05) is 36.4 Å². The van der Waals surface area contributed by atoms with Gasteiger partial charge in [-0.25, -0.2) is 14.7 Å². The normalized spacial score (nSPS) is 15.2. The molecule has 4 aromatic carbocycles. The maximum atomic E-state index is 10.6. The van der Waals surface area contributed by atoms with E-state index < -0.39 is 6.04 Å². The fraction of sp³-hybridized carbons (Fsp3) is 0.121. The monoisotopic (exact) mass is 556 g/mol.